The van der Waals surface area contributed by atoms with E-state index in [9.17, 15) is 0 Å². The Hall–Kier alpha value is -9.25. The molecule has 0 radical (unpaired) electrons. The summed E-state index contributed by atoms with van der Waals surface area (Å²) in [6.07, 6.45) is 5.58. The summed E-state index contributed by atoms with van der Waals surface area (Å²) in [6.45, 7) is 8.85. The standard InChI is InChI=1S/C25H20SSi.3C18H13NS/c1-27(19-11-4-2-5-12-19,20-13-6-3-7-14-20)24-18-10-16-22-21-15-8-9-17-23(21)26-25(22)24;1-12-7-9-13(10-8-12)14-4-2-5-15-16-6-3-11-19-18(16)20-17(14)15;2*1-12-4-6-13(7-5-12)14-8-9-17-16(11-14)15-3-2-10-19-18(15)20-17/h2-18H,1H3;3*2-11H,1H3. The SMILES string of the molecule is C[Si](c1ccccc1)(c1ccccc1)c1cccc2c1sc1ccccc12.Cc1ccc(-c2ccc3sc4ncccc4c3c2)cc1.Cc1ccc(-c2ccc3sc4ncccc4c3c2)cc1.Cc1ccc(-c2cccc3c2sc2ncccc23)cc1. The average Bonchev–Trinajstić information content (AvgIpc) is 3.39. The molecule has 7 aromatic heterocycles. The fourth-order valence-corrected chi connectivity index (χ4v) is 20.6. The van der Waals surface area contributed by atoms with Gasteiger partial charge in [0.05, 0.1) is 0 Å². The van der Waals surface area contributed by atoms with Gasteiger partial charge in [0.25, 0.3) is 0 Å². The van der Waals surface area contributed by atoms with Gasteiger partial charge in [0, 0.05) is 85.2 Å². The van der Waals surface area contributed by atoms with Crippen molar-refractivity contribution in [3.63, 3.8) is 0 Å². The van der Waals surface area contributed by atoms with Crippen molar-refractivity contribution in [3.05, 3.63) is 302 Å². The minimum Gasteiger partial charge on any atom is -0.245 e. The minimum absolute atomic E-state index is 1.11. The van der Waals surface area contributed by atoms with E-state index in [1.807, 2.05) is 48.1 Å². The molecule has 0 atom stereocenters. The molecule has 17 aromatic rings. The Kier molecular flexibility index (Phi) is 15.5. The van der Waals surface area contributed by atoms with Crippen LogP contribution in [0.1, 0.15) is 16.7 Å². The van der Waals surface area contributed by atoms with Crippen LogP contribution < -0.4 is 15.6 Å². The molecule has 0 unspecified atom stereocenters. The third-order valence-corrected chi connectivity index (χ3v) is 25.8. The van der Waals surface area contributed by atoms with E-state index in [1.165, 1.54) is 132 Å². The van der Waals surface area contributed by atoms with Gasteiger partial charge in [-0.15, -0.1) is 45.3 Å². The Morgan fingerprint density at radius 3 is 1.18 bits per heavy atom. The van der Waals surface area contributed by atoms with Gasteiger partial charge < -0.3 is 0 Å². The summed E-state index contributed by atoms with van der Waals surface area (Å²) in [5, 5.41) is 14.9. The summed E-state index contributed by atoms with van der Waals surface area (Å²) in [6, 6.07) is 96.3. The van der Waals surface area contributed by atoms with E-state index in [1.54, 1.807) is 34.0 Å². The first kappa shape index (κ1) is 55.6. The van der Waals surface area contributed by atoms with Crippen molar-refractivity contribution in [2.75, 3.05) is 0 Å². The lowest BCUT2D eigenvalue weighted by molar-refractivity contribution is 1.45. The van der Waals surface area contributed by atoms with Crippen molar-refractivity contribution in [2.45, 2.75) is 27.3 Å². The van der Waals surface area contributed by atoms with Crippen LogP contribution in [0.4, 0.5) is 0 Å². The van der Waals surface area contributed by atoms with Gasteiger partial charge in [-0.2, -0.15) is 0 Å². The Morgan fingerprint density at radius 2 is 0.667 bits per heavy atom. The van der Waals surface area contributed by atoms with Crippen LogP contribution >= 0.6 is 45.3 Å². The molecule has 0 saturated heterocycles. The molecular formula is C79H59N3S4Si. The van der Waals surface area contributed by atoms with Crippen LogP contribution in [0.2, 0.25) is 6.55 Å². The summed E-state index contributed by atoms with van der Waals surface area (Å²) >= 11 is 7.23. The zero-order chi connectivity index (χ0) is 58.8. The summed E-state index contributed by atoms with van der Waals surface area (Å²) in [5.41, 5.74) is 11.5. The Balaban J connectivity index is 0.000000103. The van der Waals surface area contributed by atoms with Gasteiger partial charge in [-0.05, 0) is 136 Å². The van der Waals surface area contributed by atoms with Gasteiger partial charge in [-0.25, -0.2) is 15.0 Å². The highest BCUT2D eigenvalue weighted by molar-refractivity contribution is 7.29. The van der Waals surface area contributed by atoms with Gasteiger partial charge in [-0.3, -0.25) is 0 Å². The number of hydrogen-bond acceptors (Lipinski definition) is 7. The molecule has 3 nitrogen and oxygen atoms in total. The quantitative estimate of drug-likeness (QED) is 0.123. The highest BCUT2D eigenvalue weighted by Crippen LogP contribution is 2.40. The molecule has 0 aliphatic heterocycles. The van der Waals surface area contributed by atoms with Crippen LogP contribution in [0.25, 0.3) is 114 Å². The van der Waals surface area contributed by atoms with Gasteiger partial charge >= 0.3 is 0 Å². The molecule has 0 N–H and O–H groups in total. The van der Waals surface area contributed by atoms with Crippen LogP contribution in [0.15, 0.2) is 286 Å². The first-order valence-corrected chi connectivity index (χ1v) is 35.0. The van der Waals surface area contributed by atoms with Crippen LogP contribution in [-0.2, 0) is 0 Å². The second kappa shape index (κ2) is 24.3. The molecular weight excluding hydrogens is 1150 g/mol. The molecule has 0 spiro atoms. The van der Waals surface area contributed by atoms with E-state index in [2.05, 4.69) is 291 Å². The normalized spacial score (nSPS) is 11.4. The van der Waals surface area contributed by atoms with E-state index >= 15 is 0 Å². The van der Waals surface area contributed by atoms with Gasteiger partial charge in [0.1, 0.15) is 22.6 Å². The highest BCUT2D eigenvalue weighted by Gasteiger charge is 2.36. The van der Waals surface area contributed by atoms with E-state index in [-0.39, 0.29) is 0 Å². The van der Waals surface area contributed by atoms with Crippen LogP contribution in [-0.4, -0.2) is 23.0 Å². The third kappa shape index (κ3) is 11.1. The molecule has 7 heterocycles. The lowest BCUT2D eigenvalue weighted by atomic mass is 10.0. The molecule has 0 aliphatic rings. The second-order valence-corrected chi connectivity index (χ2v) is 30.3. The predicted octanol–water partition coefficient (Wildman–Crippen LogP) is 21.4. The smallest absolute Gasteiger partial charge is 0.147 e. The second-order valence-electron chi connectivity index (χ2n) is 22.2. The molecule has 0 amide bonds. The van der Waals surface area contributed by atoms with Crippen LogP contribution in [0.3, 0.4) is 0 Å². The van der Waals surface area contributed by atoms with Crippen molar-refractivity contribution in [2.24, 2.45) is 0 Å². The van der Waals surface area contributed by atoms with Crippen molar-refractivity contribution in [3.8, 4) is 33.4 Å². The lowest BCUT2D eigenvalue weighted by Gasteiger charge is -2.30. The number of nitrogens with zero attached hydrogens (tertiary/aromatic N) is 3. The third-order valence-electron chi connectivity index (χ3n) is 16.5. The van der Waals surface area contributed by atoms with Crippen molar-refractivity contribution >= 4 is 150 Å². The van der Waals surface area contributed by atoms with Gasteiger partial charge in [0.2, 0.25) is 0 Å². The Labute approximate surface area is 523 Å². The van der Waals surface area contributed by atoms with E-state index in [0.717, 1.165) is 14.5 Å². The number of thiophene rings is 4. The van der Waals surface area contributed by atoms with Gasteiger partial charge in [0.15, 0.2) is 0 Å². The van der Waals surface area contributed by atoms with E-state index < -0.39 is 8.07 Å². The maximum Gasteiger partial charge on any atom is 0.147 e. The molecule has 0 fully saturated rings. The van der Waals surface area contributed by atoms with E-state index in [0.29, 0.717) is 0 Å². The molecule has 0 bridgehead atoms. The Bertz CT molecular complexity index is 5050. The maximum absolute atomic E-state index is 4.49. The number of aromatic nitrogens is 3. The largest absolute Gasteiger partial charge is 0.245 e. The number of aryl methyl sites for hydroxylation is 3. The summed E-state index contributed by atoms with van der Waals surface area (Å²) in [5.74, 6) is 0. The number of rotatable bonds is 6. The van der Waals surface area contributed by atoms with Crippen molar-refractivity contribution in [1.82, 2.24) is 15.0 Å². The zero-order valence-corrected chi connectivity index (χ0v) is 52.9. The minimum atomic E-state index is -2.09. The molecule has 0 aliphatic carbocycles. The zero-order valence-electron chi connectivity index (χ0n) is 48.6. The molecule has 0 saturated carbocycles. The lowest BCUT2D eigenvalue weighted by Crippen LogP contribution is -2.64. The fraction of sp³-hybridized carbons (Fsp3) is 0.0506. The summed E-state index contributed by atoms with van der Waals surface area (Å²) < 4.78 is 6.74. The number of pyridine rings is 3. The average molecular weight is 1210 g/mol. The van der Waals surface area contributed by atoms with Gasteiger partial charge in [-0.1, -0.05) is 223 Å². The van der Waals surface area contributed by atoms with Crippen LogP contribution in [0.5, 0.6) is 0 Å². The highest BCUT2D eigenvalue weighted by atomic mass is 32.1. The summed E-state index contributed by atoms with van der Waals surface area (Å²) in [4.78, 5) is 16.7. The number of hydrogen-bond donors (Lipinski definition) is 0. The number of benzene rings is 10. The Morgan fingerprint density at radius 1 is 0.276 bits per heavy atom. The molecule has 17 rings (SSSR count). The summed E-state index contributed by atoms with van der Waals surface area (Å²) in [7, 11) is -2.09. The molecule has 10 aromatic carbocycles. The van der Waals surface area contributed by atoms with Crippen LogP contribution in [0, 0.1) is 20.8 Å². The monoisotopic (exact) mass is 1210 g/mol. The van der Waals surface area contributed by atoms with E-state index in [4.69, 9.17) is 0 Å². The molecule has 418 valence electrons. The fourth-order valence-electron chi connectivity index (χ4n) is 11.8. The predicted molar refractivity (Wildman–Crippen MR) is 385 cm³/mol. The molecule has 8 heteroatoms. The van der Waals surface area contributed by atoms with Crippen molar-refractivity contribution < 1.29 is 0 Å². The maximum atomic E-state index is 4.49. The number of fused-ring (bicyclic) bond motifs is 12. The first-order chi connectivity index (χ1) is 42.7. The topological polar surface area (TPSA) is 38.7 Å². The van der Waals surface area contributed by atoms with Crippen molar-refractivity contribution in [1.29, 1.82) is 0 Å². The first-order valence-electron chi connectivity index (χ1n) is 29.3. The molecule has 87 heavy (non-hydrogen) atoms.